The second-order valence-electron chi connectivity index (χ2n) is 5.77. The number of thioether (sulfide) groups is 1. The smallest absolute Gasteiger partial charge is 0.338 e. The van der Waals surface area contributed by atoms with Crippen molar-refractivity contribution >= 4 is 29.3 Å². The van der Waals surface area contributed by atoms with Crippen LogP contribution in [0.1, 0.15) is 30.6 Å². The maximum absolute atomic E-state index is 12.3. The molecule has 0 heterocycles. The van der Waals surface area contributed by atoms with Crippen molar-refractivity contribution in [3.8, 4) is 11.5 Å². The number of amides is 1. The zero-order valence-electron chi connectivity index (χ0n) is 16.3. The summed E-state index contributed by atoms with van der Waals surface area (Å²) in [6, 6.07) is 12.3. The number of ether oxygens (including phenoxy) is 3. The van der Waals surface area contributed by atoms with E-state index in [-0.39, 0.29) is 6.61 Å². The van der Waals surface area contributed by atoms with Crippen LogP contribution in [0.15, 0.2) is 47.4 Å². The molecule has 1 N–H and O–H groups in total. The minimum Gasteiger partial charge on any atom is -0.490 e. The fraction of sp³-hybridized carbons (Fsp3) is 0.333. The molecule has 0 radical (unpaired) electrons. The summed E-state index contributed by atoms with van der Waals surface area (Å²) >= 11 is 1.52. The number of rotatable bonds is 10. The van der Waals surface area contributed by atoms with Gasteiger partial charge in [-0.1, -0.05) is 19.1 Å². The van der Waals surface area contributed by atoms with Crippen LogP contribution in [-0.2, 0) is 9.53 Å². The zero-order chi connectivity index (χ0) is 20.4. The summed E-state index contributed by atoms with van der Waals surface area (Å²) in [5.74, 6) is 0.0505. The third kappa shape index (κ3) is 6.20. The van der Waals surface area contributed by atoms with Gasteiger partial charge in [0.2, 0.25) is 0 Å². The summed E-state index contributed by atoms with van der Waals surface area (Å²) in [6.07, 6.45) is 2.79. The third-order valence-electron chi connectivity index (χ3n) is 3.66. The minimum absolute atomic E-state index is 0.296. The number of para-hydroxylation sites is 1. The number of hydrogen-bond donors (Lipinski definition) is 1. The third-order valence-corrected chi connectivity index (χ3v) is 4.45. The first kappa shape index (κ1) is 21.6. The minimum atomic E-state index is -0.601. The zero-order valence-corrected chi connectivity index (χ0v) is 17.1. The van der Waals surface area contributed by atoms with E-state index in [1.807, 2.05) is 38.3 Å². The molecule has 28 heavy (non-hydrogen) atoms. The number of nitrogens with one attached hydrogen (secondary N) is 1. The fourth-order valence-corrected chi connectivity index (χ4v) is 2.94. The average Bonchev–Trinajstić information content (AvgIpc) is 2.71. The van der Waals surface area contributed by atoms with E-state index in [4.69, 9.17) is 14.2 Å². The number of esters is 1. The highest BCUT2D eigenvalue weighted by atomic mass is 32.2. The molecule has 0 saturated carbocycles. The normalized spacial score (nSPS) is 10.2. The van der Waals surface area contributed by atoms with E-state index in [0.717, 1.165) is 11.3 Å². The molecule has 0 atom stereocenters. The van der Waals surface area contributed by atoms with Crippen molar-refractivity contribution < 1.29 is 23.8 Å². The molecular formula is C21H25NO5S. The van der Waals surface area contributed by atoms with Gasteiger partial charge in [0, 0.05) is 4.90 Å². The van der Waals surface area contributed by atoms with Crippen molar-refractivity contribution in [3.63, 3.8) is 0 Å². The molecule has 2 aromatic rings. The molecular weight excluding hydrogens is 378 g/mol. The van der Waals surface area contributed by atoms with Gasteiger partial charge in [0.25, 0.3) is 5.91 Å². The molecule has 0 aromatic heterocycles. The van der Waals surface area contributed by atoms with E-state index in [1.54, 1.807) is 24.3 Å². The van der Waals surface area contributed by atoms with E-state index in [9.17, 15) is 9.59 Å². The maximum Gasteiger partial charge on any atom is 0.338 e. The summed E-state index contributed by atoms with van der Waals surface area (Å²) in [6.45, 7) is 4.49. The molecule has 0 spiro atoms. The Morgan fingerprint density at radius 1 is 1.04 bits per heavy atom. The van der Waals surface area contributed by atoms with Crippen LogP contribution >= 0.6 is 11.8 Å². The number of benzene rings is 2. The molecule has 0 aliphatic rings. The summed E-state index contributed by atoms with van der Waals surface area (Å²) in [5, 5.41) is 2.75. The first-order valence-corrected chi connectivity index (χ1v) is 10.3. The largest absolute Gasteiger partial charge is 0.490 e. The topological polar surface area (TPSA) is 73.9 Å². The fourth-order valence-electron chi connectivity index (χ4n) is 2.38. The lowest BCUT2D eigenvalue weighted by Crippen LogP contribution is -2.21. The predicted octanol–water partition coefficient (Wildman–Crippen LogP) is 4.39. The van der Waals surface area contributed by atoms with Crippen LogP contribution in [0.5, 0.6) is 11.5 Å². The quantitative estimate of drug-likeness (QED) is 0.468. The molecule has 0 aliphatic carbocycles. The van der Waals surface area contributed by atoms with Crippen LogP contribution in [0, 0.1) is 0 Å². The van der Waals surface area contributed by atoms with Gasteiger partial charge in [0.1, 0.15) is 0 Å². The average molecular weight is 404 g/mol. The van der Waals surface area contributed by atoms with Crippen molar-refractivity contribution in [2.24, 2.45) is 0 Å². The van der Waals surface area contributed by atoms with Crippen molar-refractivity contribution in [2.45, 2.75) is 25.2 Å². The Bertz CT molecular complexity index is 809. The highest BCUT2D eigenvalue weighted by Crippen LogP contribution is 2.29. The van der Waals surface area contributed by atoms with E-state index >= 15 is 0 Å². The Balaban J connectivity index is 1.98. The summed E-state index contributed by atoms with van der Waals surface area (Å²) in [7, 11) is 0. The van der Waals surface area contributed by atoms with Crippen LogP contribution in [0.4, 0.5) is 5.69 Å². The molecule has 0 saturated heterocycles. The number of carbonyl (C=O) groups is 2. The summed E-state index contributed by atoms with van der Waals surface area (Å²) < 4.78 is 16.3. The van der Waals surface area contributed by atoms with Crippen LogP contribution < -0.4 is 14.8 Å². The molecule has 6 nitrogen and oxygen atoms in total. The molecule has 150 valence electrons. The van der Waals surface area contributed by atoms with Gasteiger partial charge >= 0.3 is 5.97 Å². The Morgan fingerprint density at radius 3 is 2.54 bits per heavy atom. The maximum atomic E-state index is 12.3. The second-order valence-corrected chi connectivity index (χ2v) is 6.62. The molecule has 2 rings (SSSR count). The highest BCUT2D eigenvalue weighted by Gasteiger charge is 2.15. The number of carbonyl (C=O) groups excluding carboxylic acids is 2. The van der Waals surface area contributed by atoms with Crippen molar-refractivity contribution in [1.82, 2.24) is 0 Å². The van der Waals surface area contributed by atoms with Gasteiger partial charge in [0.15, 0.2) is 18.1 Å². The summed E-state index contributed by atoms with van der Waals surface area (Å²) in [5.41, 5.74) is 0.983. The van der Waals surface area contributed by atoms with Crippen molar-refractivity contribution in [3.05, 3.63) is 48.0 Å². The van der Waals surface area contributed by atoms with Gasteiger partial charge in [-0.05, 0) is 49.9 Å². The van der Waals surface area contributed by atoms with E-state index in [0.29, 0.717) is 36.0 Å². The molecule has 0 unspecified atom stereocenters. The lowest BCUT2D eigenvalue weighted by atomic mass is 10.2. The van der Waals surface area contributed by atoms with Crippen molar-refractivity contribution in [1.29, 1.82) is 0 Å². The Labute approximate surface area is 169 Å². The van der Waals surface area contributed by atoms with Crippen molar-refractivity contribution in [2.75, 3.05) is 31.4 Å². The molecule has 7 heteroatoms. The predicted molar refractivity (Wildman–Crippen MR) is 111 cm³/mol. The molecule has 2 aromatic carbocycles. The van der Waals surface area contributed by atoms with E-state index in [2.05, 4.69) is 5.32 Å². The van der Waals surface area contributed by atoms with E-state index < -0.39 is 11.9 Å². The standard InChI is InChI=1S/C21H25NO5S/c1-4-12-26-17-11-10-15(13-18(17)25-5-2)21(24)27-14-20(23)22-16-8-6-7-9-19(16)28-3/h6-11,13H,4-5,12,14H2,1-3H3,(H,22,23). The lowest BCUT2D eigenvalue weighted by Gasteiger charge is -2.13. The van der Waals surface area contributed by atoms with Crippen LogP contribution in [-0.4, -0.2) is 38.0 Å². The van der Waals surface area contributed by atoms with Crippen LogP contribution in [0.2, 0.25) is 0 Å². The number of hydrogen-bond acceptors (Lipinski definition) is 6. The van der Waals surface area contributed by atoms with Gasteiger partial charge in [-0.3, -0.25) is 4.79 Å². The highest BCUT2D eigenvalue weighted by molar-refractivity contribution is 7.98. The van der Waals surface area contributed by atoms with Gasteiger partial charge in [-0.15, -0.1) is 11.8 Å². The van der Waals surface area contributed by atoms with Crippen LogP contribution in [0.25, 0.3) is 0 Å². The van der Waals surface area contributed by atoms with Gasteiger partial charge in [0.05, 0.1) is 24.5 Å². The summed E-state index contributed by atoms with van der Waals surface area (Å²) in [4.78, 5) is 25.4. The van der Waals surface area contributed by atoms with E-state index in [1.165, 1.54) is 11.8 Å². The Morgan fingerprint density at radius 2 is 1.82 bits per heavy atom. The molecule has 0 fully saturated rings. The molecule has 0 aliphatic heterocycles. The Hall–Kier alpha value is -2.67. The SMILES string of the molecule is CCCOc1ccc(C(=O)OCC(=O)Nc2ccccc2SC)cc1OCC. The van der Waals surface area contributed by atoms with Gasteiger partial charge in [-0.2, -0.15) is 0 Å². The van der Waals surface area contributed by atoms with Crippen LogP contribution in [0.3, 0.4) is 0 Å². The van der Waals surface area contributed by atoms with Gasteiger partial charge in [-0.25, -0.2) is 4.79 Å². The molecule has 0 bridgehead atoms. The molecule has 1 amide bonds. The van der Waals surface area contributed by atoms with Gasteiger partial charge < -0.3 is 19.5 Å². The lowest BCUT2D eigenvalue weighted by molar-refractivity contribution is -0.119. The second kappa shape index (κ2) is 11.2. The number of anilines is 1. The monoisotopic (exact) mass is 403 g/mol. The first-order chi connectivity index (χ1) is 13.6. The Kier molecular flexibility index (Phi) is 8.68. The first-order valence-electron chi connectivity index (χ1n) is 9.08.